The Morgan fingerprint density at radius 2 is 2.33 bits per heavy atom. The molecule has 2 N–H and O–H groups in total. The maximum atomic E-state index is 12.6. The van der Waals surface area contributed by atoms with Crippen molar-refractivity contribution < 1.29 is 4.79 Å². The Hall–Kier alpha value is -3.49. The van der Waals surface area contributed by atoms with E-state index in [9.17, 15) is 4.79 Å². The maximum Gasteiger partial charge on any atom is 0.248 e. The summed E-state index contributed by atoms with van der Waals surface area (Å²) in [6.45, 7) is 2.53. The summed E-state index contributed by atoms with van der Waals surface area (Å²) in [7, 11) is 1.74. The average Bonchev–Trinajstić information content (AvgIpc) is 3.17. The molecular weight excluding hydrogens is 380 g/mol. The van der Waals surface area contributed by atoms with Crippen LogP contribution in [0.2, 0.25) is 0 Å². The van der Waals surface area contributed by atoms with Gasteiger partial charge in [0.15, 0.2) is 11.5 Å². The molecule has 2 atom stereocenters. The second-order valence-electron chi connectivity index (χ2n) is 8.77. The van der Waals surface area contributed by atoms with Crippen LogP contribution in [-0.4, -0.2) is 47.9 Å². The highest BCUT2D eigenvalue weighted by Gasteiger charge is 2.53. The van der Waals surface area contributed by atoms with Crippen molar-refractivity contribution in [2.75, 3.05) is 11.9 Å². The summed E-state index contributed by atoms with van der Waals surface area (Å²) in [6, 6.07) is 3.70. The first-order valence-corrected chi connectivity index (χ1v) is 10.2. The van der Waals surface area contributed by atoms with Gasteiger partial charge in [0.05, 0.1) is 17.4 Å². The number of aromatic amines is 2. The predicted octanol–water partition coefficient (Wildman–Crippen LogP) is 2.33. The number of carbonyl (C=O) groups is 1. The molecule has 9 nitrogen and oxygen atoms in total. The van der Waals surface area contributed by atoms with Crippen molar-refractivity contribution in [3.8, 4) is 11.5 Å². The van der Waals surface area contributed by atoms with Crippen LogP contribution in [0.5, 0.6) is 0 Å². The van der Waals surface area contributed by atoms with E-state index in [2.05, 4.69) is 37.2 Å². The van der Waals surface area contributed by atoms with Gasteiger partial charge in [-0.2, -0.15) is 10.2 Å². The molecule has 0 unspecified atom stereocenters. The van der Waals surface area contributed by atoms with Crippen LogP contribution < -0.4 is 4.90 Å². The van der Waals surface area contributed by atoms with Crippen molar-refractivity contribution in [2.24, 2.45) is 11.3 Å². The maximum absolute atomic E-state index is 12.6. The SMILES string of the molecule is CN(C(=O)Cn1cccn1)c1cnc2nc(-c3n[nH]c4c3C[C@@H]3C[C@]3(C)C4)[nH]c2c1. The number of H-pyrrole nitrogens is 2. The summed E-state index contributed by atoms with van der Waals surface area (Å²) in [6.07, 6.45) is 8.50. The molecule has 1 fully saturated rings. The van der Waals surface area contributed by atoms with Crippen molar-refractivity contribution in [1.82, 2.24) is 34.9 Å². The fourth-order valence-corrected chi connectivity index (χ4v) is 4.62. The Bertz CT molecular complexity index is 1270. The first-order chi connectivity index (χ1) is 14.5. The molecule has 6 rings (SSSR count). The van der Waals surface area contributed by atoms with Crippen LogP contribution in [0.4, 0.5) is 5.69 Å². The van der Waals surface area contributed by atoms with Gasteiger partial charge in [0.2, 0.25) is 5.91 Å². The Labute approximate surface area is 172 Å². The number of hydrogen-bond acceptors (Lipinski definition) is 5. The number of fused-ring (bicyclic) bond motifs is 3. The number of nitrogens with zero attached hydrogens (tertiary/aromatic N) is 6. The molecule has 0 spiro atoms. The van der Waals surface area contributed by atoms with Gasteiger partial charge in [-0.1, -0.05) is 6.92 Å². The number of nitrogens with one attached hydrogen (secondary N) is 2. The Morgan fingerprint density at radius 3 is 3.17 bits per heavy atom. The molecule has 2 aliphatic carbocycles. The average molecular weight is 402 g/mol. The van der Waals surface area contributed by atoms with Crippen LogP contribution in [0.25, 0.3) is 22.7 Å². The Morgan fingerprint density at radius 1 is 1.43 bits per heavy atom. The number of hydrogen-bond donors (Lipinski definition) is 2. The lowest BCUT2D eigenvalue weighted by Crippen LogP contribution is -2.30. The van der Waals surface area contributed by atoms with Crippen molar-refractivity contribution in [2.45, 2.75) is 32.7 Å². The van der Waals surface area contributed by atoms with Gasteiger partial charge >= 0.3 is 0 Å². The van der Waals surface area contributed by atoms with Gasteiger partial charge in [0.25, 0.3) is 0 Å². The predicted molar refractivity (Wildman–Crippen MR) is 111 cm³/mol. The molecule has 4 aromatic rings. The number of rotatable bonds is 4. The molecule has 0 bridgehead atoms. The number of aromatic nitrogens is 7. The van der Waals surface area contributed by atoms with Gasteiger partial charge in [-0.15, -0.1) is 0 Å². The third-order valence-corrected chi connectivity index (χ3v) is 6.69. The summed E-state index contributed by atoms with van der Waals surface area (Å²) in [5.74, 6) is 1.40. The smallest absolute Gasteiger partial charge is 0.248 e. The van der Waals surface area contributed by atoms with Crippen molar-refractivity contribution in [3.05, 3.63) is 42.0 Å². The Balaban J connectivity index is 1.29. The normalized spacial score (nSPS) is 22.0. The topological polar surface area (TPSA) is 108 Å². The van der Waals surface area contributed by atoms with Gasteiger partial charge in [-0.25, -0.2) is 9.97 Å². The summed E-state index contributed by atoms with van der Waals surface area (Å²) in [5, 5.41) is 11.9. The van der Waals surface area contributed by atoms with Crippen molar-refractivity contribution in [3.63, 3.8) is 0 Å². The number of pyridine rings is 1. The quantitative estimate of drug-likeness (QED) is 0.545. The molecule has 152 valence electrons. The molecule has 2 aliphatic rings. The molecule has 0 saturated heterocycles. The highest BCUT2D eigenvalue weighted by Crippen LogP contribution is 2.59. The van der Waals surface area contributed by atoms with Gasteiger partial charge in [-0.3, -0.25) is 14.6 Å². The molecule has 30 heavy (non-hydrogen) atoms. The van der Waals surface area contributed by atoms with Crippen LogP contribution in [0.15, 0.2) is 30.7 Å². The number of likely N-dealkylation sites (N-methyl/N-ethyl adjacent to an activating group) is 1. The van der Waals surface area contributed by atoms with E-state index in [-0.39, 0.29) is 12.5 Å². The lowest BCUT2D eigenvalue weighted by molar-refractivity contribution is -0.119. The molecule has 4 aromatic heterocycles. The number of anilines is 1. The van der Waals surface area contributed by atoms with Crippen LogP contribution in [0, 0.1) is 11.3 Å². The highest BCUT2D eigenvalue weighted by atomic mass is 16.2. The molecular formula is C21H22N8O. The van der Waals surface area contributed by atoms with Gasteiger partial charge < -0.3 is 9.88 Å². The zero-order valence-corrected chi connectivity index (χ0v) is 16.9. The van der Waals surface area contributed by atoms with Crippen LogP contribution in [-0.2, 0) is 24.2 Å². The second kappa shape index (κ2) is 6.01. The van der Waals surface area contributed by atoms with Crippen LogP contribution in [0.1, 0.15) is 24.6 Å². The van der Waals surface area contributed by atoms with Crippen molar-refractivity contribution in [1.29, 1.82) is 0 Å². The zero-order chi connectivity index (χ0) is 20.5. The Kier molecular flexibility index (Phi) is 3.48. The first-order valence-electron chi connectivity index (χ1n) is 10.2. The third kappa shape index (κ3) is 2.65. The number of amides is 1. The fraction of sp³-hybridized carbons (Fsp3) is 0.381. The highest BCUT2D eigenvalue weighted by molar-refractivity contribution is 5.94. The first kappa shape index (κ1) is 17.4. The summed E-state index contributed by atoms with van der Waals surface area (Å²) >= 11 is 0. The van der Waals surface area contributed by atoms with Crippen LogP contribution >= 0.6 is 0 Å². The van der Waals surface area contributed by atoms with Gasteiger partial charge in [-0.05, 0) is 42.7 Å². The second-order valence-corrected chi connectivity index (χ2v) is 8.77. The molecule has 4 heterocycles. The summed E-state index contributed by atoms with van der Waals surface area (Å²) in [4.78, 5) is 26.6. The largest absolute Gasteiger partial charge is 0.335 e. The van der Waals surface area contributed by atoms with E-state index in [1.807, 2.05) is 6.07 Å². The lowest BCUT2D eigenvalue weighted by atomic mass is 9.88. The number of carbonyl (C=O) groups excluding carboxylic acids is 1. The summed E-state index contributed by atoms with van der Waals surface area (Å²) < 4.78 is 1.60. The third-order valence-electron chi connectivity index (χ3n) is 6.69. The van der Waals surface area contributed by atoms with Gasteiger partial charge in [0.1, 0.15) is 12.2 Å². The fourth-order valence-electron chi connectivity index (χ4n) is 4.62. The minimum atomic E-state index is -0.0755. The van der Waals surface area contributed by atoms with E-state index in [0.717, 1.165) is 35.8 Å². The van der Waals surface area contributed by atoms with Crippen LogP contribution in [0.3, 0.4) is 0 Å². The molecule has 0 aliphatic heterocycles. The minimum Gasteiger partial charge on any atom is -0.335 e. The van der Waals surface area contributed by atoms with Crippen molar-refractivity contribution >= 4 is 22.8 Å². The molecule has 0 radical (unpaired) electrons. The van der Waals surface area contributed by atoms with Gasteiger partial charge in [0, 0.05) is 30.7 Å². The van der Waals surface area contributed by atoms with E-state index in [1.54, 1.807) is 41.3 Å². The van der Waals surface area contributed by atoms with E-state index in [0.29, 0.717) is 16.7 Å². The minimum absolute atomic E-state index is 0.0755. The molecule has 0 aromatic carbocycles. The molecule has 1 saturated carbocycles. The van der Waals surface area contributed by atoms with E-state index in [4.69, 9.17) is 0 Å². The van der Waals surface area contributed by atoms with E-state index >= 15 is 0 Å². The molecule has 9 heteroatoms. The zero-order valence-electron chi connectivity index (χ0n) is 16.9. The van der Waals surface area contributed by atoms with E-state index < -0.39 is 0 Å². The lowest BCUT2D eigenvalue weighted by Gasteiger charge is -2.17. The van der Waals surface area contributed by atoms with E-state index in [1.165, 1.54) is 17.7 Å². The number of imidazole rings is 1. The monoisotopic (exact) mass is 402 g/mol. The molecule has 1 amide bonds. The standard InChI is InChI=1S/C21H22N8O/c1-21-8-12(21)6-14-16(9-21)26-27-18(14)20-24-15-7-13(10-22-19(15)25-20)28(2)17(30)11-29-5-3-4-23-29/h3-5,7,10,12H,6,8-9,11H2,1-2H3,(H,26,27)(H,22,24,25)/t12-,21-/m1/s1. The summed E-state index contributed by atoms with van der Waals surface area (Å²) in [5.41, 5.74) is 5.96.